The molecule has 1 amide bonds. The number of aliphatic hydroxyl groups excluding tert-OH is 1. The van der Waals surface area contributed by atoms with Gasteiger partial charge in [0.25, 0.3) is 5.91 Å². The number of carbonyl (C=O) groups is 2. The van der Waals surface area contributed by atoms with Crippen LogP contribution in [0.3, 0.4) is 0 Å². The number of rotatable bonds is 6. The van der Waals surface area contributed by atoms with Crippen molar-refractivity contribution in [3.63, 3.8) is 0 Å². The normalized spacial score (nSPS) is 11.9. The largest absolute Gasteiger partial charge is 0.480 e. The molecule has 0 aliphatic rings. The van der Waals surface area contributed by atoms with Gasteiger partial charge >= 0.3 is 5.97 Å². The maximum atomic E-state index is 11.9. The van der Waals surface area contributed by atoms with Gasteiger partial charge in [-0.15, -0.1) is 0 Å². The van der Waals surface area contributed by atoms with Gasteiger partial charge in [-0.25, -0.2) is 4.79 Å². The number of carbonyl (C=O) groups excluding carboxylic acids is 1. The molecule has 0 fully saturated rings. The Labute approximate surface area is 104 Å². The van der Waals surface area contributed by atoms with Crippen LogP contribution in [0.15, 0.2) is 24.3 Å². The zero-order chi connectivity index (χ0) is 13.5. The highest BCUT2D eigenvalue weighted by Crippen LogP contribution is 2.09. The van der Waals surface area contributed by atoms with Crippen LogP contribution in [0.5, 0.6) is 0 Å². The number of hydrogen-bond acceptors (Lipinski definition) is 4. The van der Waals surface area contributed by atoms with Crippen molar-refractivity contribution in [2.24, 2.45) is 5.73 Å². The first kappa shape index (κ1) is 14.1. The Morgan fingerprint density at radius 3 is 2.56 bits per heavy atom. The van der Waals surface area contributed by atoms with Crippen LogP contribution in [-0.4, -0.2) is 41.3 Å². The number of amides is 1. The quantitative estimate of drug-likeness (QED) is 0.538. The highest BCUT2D eigenvalue weighted by Gasteiger charge is 2.20. The predicted octanol–water partition coefficient (Wildman–Crippen LogP) is -0.637. The number of nitrogens with one attached hydrogen (secondary N) is 1. The van der Waals surface area contributed by atoms with Gasteiger partial charge in [-0.3, -0.25) is 4.79 Å². The van der Waals surface area contributed by atoms with Crippen LogP contribution in [0, 0.1) is 0 Å². The van der Waals surface area contributed by atoms with Crippen LogP contribution in [-0.2, 0) is 11.2 Å². The third-order valence-electron chi connectivity index (χ3n) is 2.46. The third kappa shape index (κ3) is 3.54. The summed E-state index contributed by atoms with van der Waals surface area (Å²) in [6.45, 7) is -0.257. The summed E-state index contributed by atoms with van der Waals surface area (Å²) in [6.07, 6.45) is 0.528. The number of carboxylic acid groups (broad SMARTS) is 1. The lowest BCUT2D eigenvalue weighted by molar-refractivity contribution is -0.140. The van der Waals surface area contributed by atoms with E-state index in [1.807, 2.05) is 0 Å². The molecule has 0 radical (unpaired) electrons. The average molecular weight is 252 g/mol. The van der Waals surface area contributed by atoms with Crippen molar-refractivity contribution in [2.45, 2.75) is 12.5 Å². The second-order valence-electron chi connectivity index (χ2n) is 3.74. The molecule has 0 aromatic heterocycles. The van der Waals surface area contributed by atoms with Gasteiger partial charge in [0.1, 0.15) is 0 Å². The van der Waals surface area contributed by atoms with Gasteiger partial charge in [0.15, 0.2) is 6.04 Å². The summed E-state index contributed by atoms with van der Waals surface area (Å²) < 4.78 is 0. The Kier molecular flexibility index (Phi) is 5.29. The predicted molar refractivity (Wildman–Crippen MR) is 65.2 cm³/mol. The summed E-state index contributed by atoms with van der Waals surface area (Å²) in [5.41, 5.74) is 6.57. The summed E-state index contributed by atoms with van der Waals surface area (Å²) in [5, 5.41) is 19.8. The highest BCUT2D eigenvalue weighted by molar-refractivity contribution is 5.97. The van der Waals surface area contributed by atoms with Crippen LogP contribution >= 0.6 is 0 Å². The van der Waals surface area contributed by atoms with Crippen molar-refractivity contribution in [3.8, 4) is 0 Å². The molecule has 0 saturated carbocycles. The lowest BCUT2D eigenvalue weighted by Gasteiger charge is -2.13. The standard InChI is InChI=1S/C12H16N2O4/c13-6-5-8-3-1-2-4-9(8)11(16)14-10(7-15)12(17)18/h1-4,10,15H,5-7,13H2,(H,14,16)(H,17,18)/t10-/m1/s1. The lowest BCUT2D eigenvalue weighted by atomic mass is 10.0. The Hall–Kier alpha value is -1.92. The topological polar surface area (TPSA) is 113 Å². The van der Waals surface area contributed by atoms with E-state index in [1.54, 1.807) is 24.3 Å². The maximum Gasteiger partial charge on any atom is 0.328 e. The first-order chi connectivity index (χ1) is 8.60. The Morgan fingerprint density at radius 1 is 1.33 bits per heavy atom. The fourth-order valence-electron chi connectivity index (χ4n) is 1.54. The molecule has 0 saturated heterocycles. The van der Waals surface area contributed by atoms with Gasteiger partial charge in [0, 0.05) is 5.56 Å². The van der Waals surface area contributed by atoms with Crippen LogP contribution in [0.1, 0.15) is 15.9 Å². The molecule has 1 aromatic rings. The zero-order valence-corrected chi connectivity index (χ0v) is 9.80. The second kappa shape index (κ2) is 6.73. The van der Waals surface area contributed by atoms with Gasteiger partial charge < -0.3 is 21.3 Å². The van der Waals surface area contributed by atoms with Crippen LogP contribution in [0.2, 0.25) is 0 Å². The van der Waals surface area contributed by atoms with Crippen LogP contribution in [0.25, 0.3) is 0 Å². The van der Waals surface area contributed by atoms with E-state index in [2.05, 4.69) is 5.32 Å². The monoisotopic (exact) mass is 252 g/mol. The summed E-state index contributed by atoms with van der Waals surface area (Å²) in [5.74, 6) is -1.80. The lowest BCUT2D eigenvalue weighted by Crippen LogP contribution is -2.43. The van der Waals surface area contributed by atoms with E-state index >= 15 is 0 Å². The minimum atomic E-state index is -1.30. The highest BCUT2D eigenvalue weighted by atomic mass is 16.4. The SMILES string of the molecule is NCCc1ccccc1C(=O)N[C@H](CO)C(=O)O. The molecule has 0 aliphatic heterocycles. The number of aliphatic hydroxyl groups is 1. The first-order valence-corrected chi connectivity index (χ1v) is 5.52. The minimum Gasteiger partial charge on any atom is -0.480 e. The molecular formula is C12H16N2O4. The Bertz CT molecular complexity index is 434. The number of carboxylic acids is 1. The number of benzene rings is 1. The summed E-state index contributed by atoms with van der Waals surface area (Å²) in [6, 6.07) is 5.52. The minimum absolute atomic E-state index is 0.377. The van der Waals surface area contributed by atoms with E-state index < -0.39 is 24.5 Å². The molecule has 18 heavy (non-hydrogen) atoms. The smallest absolute Gasteiger partial charge is 0.328 e. The maximum absolute atomic E-state index is 11.9. The zero-order valence-electron chi connectivity index (χ0n) is 9.80. The Morgan fingerprint density at radius 2 is 2.00 bits per heavy atom. The molecule has 5 N–H and O–H groups in total. The summed E-state index contributed by atoms with van der Waals surface area (Å²) in [4.78, 5) is 22.6. The van der Waals surface area contributed by atoms with Crippen molar-refractivity contribution in [2.75, 3.05) is 13.2 Å². The molecule has 6 heteroatoms. The molecule has 6 nitrogen and oxygen atoms in total. The van der Waals surface area contributed by atoms with Gasteiger partial charge in [0.05, 0.1) is 6.61 Å². The van der Waals surface area contributed by atoms with Crippen molar-refractivity contribution in [3.05, 3.63) is 35.4 Å². The van der Waals surface area contributed by atoms with E-state index in [4.69, 9.17) is 15.9 Å². The van der Waals surface area contributed by atoms with Crippen molar-refractivity contribution < 1.29 is 19.8 Å². The fourth-order valence-corrected chi connectivity index (χ4v) is 1.54. The van der Waals surface area contributed by atoms with Gasteiger partial charge in [0.2, 0.25) is 0 Å². The van der Waals surface area contributed by atoms with Crippen LogP contribution < -0.4 is 11.1 Å². The van der Waals surface area contributed by atoms with Gasteiger partial charge in [-0.05, 0) is 24.6 Å². The first-order valence-electron chi connectivity index (χ1n) is 5.52. The molecule has 0 unspecified atom stereocenters. The van der Waals surface area contributed by atoms with Crippen LogP contribution in [0.4, 0.5) is 0 Å². The molecule has 0 heterocycles. The van der Waals surface area contributed by atoms with Crippen molar-refractivity contribution in [1.82, 2.24) is 5.32 Å². The average Bonchev–Trinajstić information content (AvgIpc) is 2.36. The van der Waals surface area contributed by atoms with E-state index in [0.29, 0.717) is 18.5 Å². The molecule has 1 rings (SSSR count). The molecule has 0 aliphatic carbocycles. The van der Waals surface area contributed by atoms with Crippen molar-refractivity contribution >= 4 is 11.9 Å². The van der Waals surface area contributed by atoms with Crippen molar-refractivity contribution in [1.29, 1.82) is 0 Å². The van der Waals surface area contributed by atoms with E-state index in [1.165, 1.54) is 0 Å². The molecule has 0 bridgehead atoms. The van der Waals surface area contributed by atoms with Gasteiger partial charge in [-0.2, -0.15) is 0 Å². The Balaban J connectivity index is 2.86. The van der Waals surface area contributed by atoms with E-state index in [9.17, 15) is 9.59 Å². The molecular weight excluding hydrogens is 236 g/mol. The molecule has 1 atom stereocenters. The van der Waals surface area contributed by atoms with E-state index in [0.717, 1.165) is 5.56 Å². The number of hydrogen-bond donors (Lipinski definition) is 4. The van der Waals surface area contributed by atoms with Gasteiger partial charge in [-0.1, -0.05) is 18.2 Å². The molecule has 0 spiro atoms. The van der Waals surface area contributed by atoms with E-state index in [-0.39, 0.29) is 0 Å². The fraction of sp³-hybridized carbons (Fsp3) is 0.333. The molecule has 1 aromatic carbocycles. The number of aliphatic carboxylic acids is 1. The summed E-state index contributed by atoms with van der Waals surface area (Å²) in [7, 11) is 0. The summed E-state index contributed by atoms with van der Waals surface area (Å²) >= 11 is 0. The second-order valence-corrected chi connectivity index (χ2v) is 3.74. The number of nitrogens with two attached hydrogens (primary N) is 1. The third-order valence-corrected chi connectivity index (χ3v) is 2.46. The molecule has 98 valence electrons.